The van der Waals surface area contributed by atoms with Crippen LogP contribution in [0.15, 0.2) is 40.4 Å². The summed E-state index contributed by atoms with van der Waals surface area (Å²) in [6.45, 7) is 4.00. The van der Waals surface area contributed by atoms with Crippen LogP contribution in [0.4, 0.5) is 25.0 Å². The minimum absolute atomic E-state index is 0.0116. The first-order chi connectivity index (χ1) is 13.4. The van der Waals surface area contributed by atoms with Gasteiger partial charge in [0.2, 0.25) is 5.82 Å². The number of nitrogens with zero attached hydrogens (tertiary/aromatic N) is 6. The van der Waals surface area contributed by atoms with Crippen molar-refractivity contribution in [3.63, 3.8) is 0 Å². The standard InChI is InChI=1S/C13H9F3N8O2.C2H6/c14-13(15,16)6-1-2-7(18-3-6)11-22-12(26-24-11)21-9-5-19-8(4-20-9)10(17)23-25;1-2/h1-5,25H,(H2,17,23)(H,20,21,22,24);1-2H3. The van der Waals surface area contributed by atoms with Gasteiger partial charge in [-0.3, -0.25) is 10.3 Å². The summed E-state index contributed by atoms with van der Waals surface area (Å²) in [4.78, 5) is 15.5. The molecule has 0 bridgehead atoms. The smallest absolute Gasteiger partial charge is 0.409 e. The number of amidine groups is 1. The van der Waals surface area contributed by atoms with Crippen LogP contribution in [-0.2, 0) is 6.18 Å². The van der Waals surface area contributed by atoms with Crippen LogP contribution in [-0.4, -0.2) is 36.1 Å². The van der Waals surface area contributed by atoms with Crippen LogP contribution < -0.4 is 11.1 Å². The Kier molecular flexibility index (Phi) is 6.42. The molecule has 0 aliphatic heterocycles. The molecular formula is C15H15F3N8O2. The van der Waals surface area contributed by atoms with Crippen LogP contribution in [0.2, 0.25) is 0 Å². The SMILES string of the molecule is CC.N/C(=N\O)c1cnc(Nc2nc(-c3ccc(C(F)(F)F)cn3)no2)cn1. The van der Waals surface area contributed by atoms with Gasteiger partial charge in [0.15, 0.2) is 11.7 Å². The molecule has 13 heteroatoms. The van der Waals surface area contributed by atoms with E-state index in [0.717, 1.165) is 12.1 Å². The predicted octanol–water partition coefficient (Wildman–Crippen LogP) is 2.80. The molecule has 0 spiro atoms. The highest BCUT2D eigenvalue weighted by molar-refractivity contribution is 5.94. The predicted molar refractivity (Wildman–Crippen MR) is 91.7 cm³/mol. The third kappa shape index (κ3) is 4.90. The van der Waals surface area contributed by atoms with E-state index < -0.39 is 11.7 Å². The summed E-state index contributed by atoms with van der Waals surface area (Å²) in [7, 11) is 0. The van der Waals surface area contributed by atoms with Gasteiger partial charge in [-0.1, -0.05) is 24.2 Å². The molecule has 0 saturated heterocycles. The Bertz CT molecular complexity index is 924. The van der Waals surface area contributed by atoms with E-state index in [0.29, 0.717) is 6.20 Å². The Hall–Kier alpha value is -3.77. The number of halogens is 3. The van der Waals surface area contributed by atoms with Gasteiger partial charge in [-0.25, -0.2) is 9.97 Å². The average Bonchev–Trinajstić information content (AvgIpc) is 3.17. The summed E-state index contributed by atoms with van der Waals surface area (Å²) in [5.74, 6) is -0.00460. The van der Waals surface area contributed by atoms with Crippen molar-refractivity contribution in [2.45, 2.75) is 20.0 Å². The number of oxime groups is 1. The normalized spacial score (nSPS) is 11.5. The van der Waals surface area contributed by atoms with Gasteiger partial charge in [0.1, 0.15) is 11.4 Å². The lowest BCUT2D eigenvalue weighted by atomic mass is 10.2. The fraction of sp³-hybridized carbons (Fsp3) is 0.200. The molecule has 0 radical (unpaired) electrons. The Morgan fingerprint density at radius 3 is 2.43 bits per heavy atom. The van der Waals surface area contributed by atoms with Crippen LogP contribution in [0.1, 0.15) is 25.1 Å². The molecule has 0 aromatic carbocycles. The first-order valence-electron chi connectivity index (χ1n) is 7.81. The zero-order chi connectivity index (χ0) is 20.7. The van der Waals surface area contributed by atoms with E-state index in [1.807, 2.05) is 13.8 Å². The van der Waals surface area contributed by atoms with Crippen molar-refractivity contribution in [1.82, 2.24) is 25.1 Å². The van der Waals surface area contributed by atoms with Crippen molar-refractivity contribution in [3.05, 3.63) is 42.0 Å². The van der Waals surface area contributed by atoms with Crippen molar-refractivity contribution in [1.29, 1.82) is 0 Å². The van der Waals surface area contributed by atoms with Crippen molar-refractivity contribution < 1.29 is 22.9 Å². The summed E-state index contributed by atoms with van der Waals surface area (Å²) in [6.07, 6.45) is -1.29. The number of anilines is 2. The maximum Gasteiger partial charge on any atom is 0.417 e. The molecule has 3 aromatic rings. The third-order valence-electron chi connectivity index (χ3n) is 3.00. The lowest BCUT2D eigenvalue weighted by molar-refractivity contribution is -0.137. The highest BCUT2D eigenvalue weighted by atomic mass is 19.4. The summed E-state index contributed by atoms with van der Waals surface area (Å²) < 4.78 is 42.5. The van der Waals surface area contributed by atoms with Gasteiger partial charge < -0.3 is 15.5 Å². The molecule has 0 saturated carbocycles. The van der Waals surface area contributed by atoms with Gasteiger partial charge in [-0.2, -0.15) is 18.2 Å². The van der Waals surface area contributed by atoms with Crippen molar-refractivity contribution >= 4 is 17.7 Å². The van der Waals surface area contributed by atoms with E-state index in [9.17, 15) is 13.2 Å². The largest absolute Gasteiger partial charge is 0.417 e. The summed E-state index contributed by atoms with van der Waals surface area (Å²) in [6, 6.07) is 1.92. The molecule has 0 aliphatic carbocycles. The van der Waals surface area contributed by atoms with Crippen LogP contribution in [0.3, 0.4) is 0 Å². The van der Waals surface area contributed by atoms with Gasteiger partial charge in [-0.05, 0) is 12.1 Å². The molecule has 3 heterocycles. The summed E-state index contributed by atoms with van der Waals surface area (Å²) in [5.41, 5.74) is 4.73. The lowest BCUT2D eigenvalue weighted by Crippen LogP contribution is -2.15. The third-order valence-corrected chi connectivity index (χ3v) is 3.00. The minimum Gasteiger partial charge on any atom is -0.409 e. The first-order valence-corrected chi connectivity index (χ1v) is 7.81. The maximum atomic E-state index is 12.5. The fourth-order valence-electron chi connectivity index (χ4n) is 1.76. The zero-order valence-electron chi connectivity index (χ0n) is 14.6. The van der Waals surface area contributed by atoms with Crippen LogP contribution >= 0.6 is 0 Å². The summed E-state index contributed by atoms with van der Waals surface area (Å²) >= 11 is 0. The van der Waals surface area contributed by atoms with Crippen LogP contribution in [0.5, 0.6) is 0 Å². The van der Waals surface area contributed by atoms with Gasteiger partial charge in [0, 0.05) is 6.20 Å². The Morgan fingerprint density at radius 1 is 1.14 bits per heavy atom. The number of pyridine rings is 1. The number of alkyl halides is 3. The lowest BCUT2D eigenvalue weighted by Gasteiger charge is -2.05. The molecule has 0 unspecified atom stereocenters. The fourth-order valence-corrected chi connectivity index (χ4v) is 1.76. The first kappa shape index (κ1) is 20.5. The number of aromatic nitrogens is 5. The Balaban J connectivity index is 0.00000136. The molecule has 10 nitrogen and oxygen atoms in total. The second-order valence-corrected chi connectivity index (χ2v) is 4.75. The van der Waals surface area contributed by atoms with Gasteiger partial charge in [-0.15, -0.1) is 0 Å². The van der Waals surface area contributed by atoms with E-state index in [1.165, 1.54) is 12.4 Å². The highest BCUT2D eigenvalue weighted by Crippen LogP contribution is 2.29. The van der Waals surface area contributed by atoms with Gasteiger partial charge in [0.25, 0.3) is 0 Å². The molecule has 3 rings (SSSR count). The van der Waals surface area contributed by atoms with Crippen molar-refractivity contribution in [2.24, 2.45) is 10.9 Å². The van der Waals surface area contributed by atoms with Crippen LogP contribution in [0.25, 0.3) is 11.5 Å². The summed E-state index contributed by atoms with van der Waals surface area (Å²) in [5, 5.41) is 17.6. The monoisotopic (exact) mass is 396 g/mol. The molecule has 0 amide bonds. The minimum atomic E-state index is -4.48. The Morgan fingerprint density at radius 2 is 1.89 bits per heavy atom. The van der Waals surface area contributed by atoms with Gasteiger partial charge in [0.05, 0.1) is 18.0 Å². The van der Waals surface area contributed by atoms with Crippen molar-refractivity contribution in [2.75, 3.05) is 5.32 Å². The number of nitrogens with one attached hydrogen (secondary N) is 1. The topological polar surface area (TPSA) is 148 Å². The maximum absolute atomic E-state index is 12.5. The second-order valence-electron chi connectivity index (χ2n) is 4.75. The number of rotatable bonds is 4. The van der Waals surface area contributed by atoms with E-state index in [-0.39, 0.29) is 34.9 Å². The molecule has 28 heavy (non-hydrogen) atoms. The number of hydrogen-bond donors (Lipinski definition) is 3. The highest BCUT2D eigenvalue weighted by Gasteiger charge is 2.30. The van der Waals surface area contributed by atoms with Crippen molar-refractivity contribution in [3.8, 4) is 11.5 Å². The zero-order valence-corrected chi connectivity index (χ0v) is 14.6. The molecule has 3 aromatic heterocycles. The van der Waals surface area contributed by atoms with E-state index in [1.54, 1.807) is 0 Å². The molecular weight excluding hydrogens is 381 g/mol. The molecule has 0 aliphatic rings. The van der Waals surface area contributed by atoms with Gasteiger partial charge >= 0.3 is 12.2 Å². The molecule has 0 atom stereocenters. The quantitative estimate of drug-likeness (QED) is 0.262. The Labute approximate surface area is 156 Å². The van der Waals surface area contributed by atoms with E-state index in [4.69, 9.17) is 15.5 Å². The molecule has 0 fully saturated rings. The van der Waals surface area contributed by atoms with Crippen LogP contribution in [0, 0.1) is 0 Å². The molecule has 4 N–H and O–H groups in total. The average molecular weight is 396 g/mol. The van der Waals surface area contributed by atoms with E-state index in [2.05, 4.69) is 35.6 Å². The second kappa shape index (κ2) is 8.75. The number of nitrogens with two attached hydrogens (primary N) is 1. The van der Waals surface area contributed by atoms with E-state index >= 15 is 0 Å². The number of hydrogen-bond acceptors (Lipinski definition) is 9. The molecule has 148 valence electrons.